The van der Waals surface area contributed by atoms with Crippen molar-refractivity contribution < 1.29 is 0 Å². The lowest BCUT2D eigenvalue weighted by atomic mass is 9.82. The second-order valence-corrected chi connectivity index (χ2v) is 6.98. The van der Waals surface area contributed by atoms with Crippen molar-refractivity contribution in [3.63, 3.8) is 0 Å². The van der Waals surface area contributed by atoms with Gasteiger partial charge in [-0.25, -0.2) is 0 Å². The third-order valence-electron chi connectivity index (χ3n) is 4.89. The summed E-state index contributed by atoms with van der Waals surface area (Å²) in [6.07, 6.45) is 8.59. The molecule has 2 nitrogen and oxygen atoms in total. The van der Waals surface area contributed by atoms with Gasteiger partial charge in [-0.05, 0) is 57.9 Å². The predicted molar refractivity (Wildman–Crippen MR) is 78.9 cm³/mol. The Bertz CT molecular complexity index is 233. The molecular weight excluding hydrogens is 220 g/mol. The zero-order valence-corrected chi connectivity index (χ0v) is 12.6. The van der Waals surface area contributed by atoms with Gasteiger partial charge in [0.25, 0.3) is 0 Å². The van der Waals surface area contributed by atoms with Crippen molar-refractivity contribution in [3.05, 3.63) is 0 Å². The van der Waals surface area contributed by atoms with Crippen LogP contribution in [-0.4, -0.2) is 36.6 Å². The molecule has 0 spiro atoms. The van der Waals surface area contributed by atoms with E-state index >= 15 is 0 Å². The minimum atomic E-state index is 0.699. The van der Waals surface area contributed by atoms with Crippen LogP contribution < -0.4 is 5.32 Å². The van der Waals surface area contributed by atoms with Crippen molar-refractivity contribution >= 4 is 0 Å². The lowest BCUT2D eigenvalue weighted by Gasteiger charge is -2.35. The Morgan fingerprint density at radius 1 is 1.11 bits per heavy atom. The van der Waals surface area contributed by atoms with Crippen molar-refractivity contribution in [3.8, 4) is 0 Å². The SMILES string of the molecule is CC1CCCC(CN(CC2CCCN2)C(C)C)C1. The number of rotatable bonds is 5. The summed E-state index contributed by atoms with van der Waals surface area (Å²) in [4.78, 5) is 2.73. The van der Waals surface area contributed by atoms with Crippen molar-refractivity contribution in [2.24, 2.45) is 11.8 Å². The molecule has 0 aromatic carbocycles. The fourth-order valence-corrected chi connectivity index (χ4v) is 3.75. The molecule has 1 aliphatic carbocycles. The molecule has 1 aliphatic heterocycles. The summed E-state index contributed by atoms with van der Waals surface area (Å²) in [5.74, 6) is 1.92. The minimum absolute atomic E-state index is 0.699. The van der Waals surface area contributed by atoms with Crippen LogP contribution in [0.4, 0.5) is 0 Å². The first-order chi connectivity index (χ1) is 8.65. The zero-order chi connectivity index (χ0) is 13.0. The molecule has 1 heterocycles. The van der Waals surface area contributed by atoms with Crippen LogP contribution in [0.1, 0.15) is 59.3 Å². The van der Waals surface area contributed by atoms with E-state index in [2.05, 4.69) is 31.0 Å². The molecule has 2 fully saturated rings. The highest BCUT2D eigenvalue weighted by molar-refractivity contribution is 4.81. The van der Waals surface area contributed by atoms with Crippen molar-refractivity contribution in [2.75, 3.05) is 19.6 Å². The summed E-state index contributed by atoms with van der Waals surface area (Å²) in [6, 6.07) is 1.46. The third-order valence-corrected chi connectivity index (χ3v) is 4.89. The predicted octanol–water partition coefficient (Wildman–Crippen LogP) is 3.28. The van der Waals surface area contributed by atoms with Gasteiger partial charge < -0.3 is 5.32 Å². The molecule has 3 atom stereocenters. The maximum atomic E-state index is 3.65. The molecule has 1 saturated heterocycles. The largest absolute Gasteiger partial charge is 0.313 e. The second kappa shape index (κ2) is 6.91. The minimum Gasteiger partial charge on any atom is -0.313 e. The zero-order valence-electron chi connectivity index (χ0n) is 12.6. The van der Waals surface area contributed by atoms with Crippen LogP contribution in [0.15, 0.2) is 0 Å². The highest BCUT2D eigenvalue weighted by Gasteiger charge is 2.25. The van der Waals surface area contributed by atoms with Gasteiger partial charge in [0.1, 0.15) is 0 Å². The molecule has 0 amide bonds. The number of nitrogens with zero attached hydrogens (tertiary/aromatic N) is 1. The molecule has 0 radical (unpaired) electrons. The van der Waals surface area contributed by atoms with E-state index in [0.717, 1.165) is 17.9 Å². The third kappa shape index (κ3) is 4.24. The van der Waals surface area contributed by atoms with Crippen molar-refractivity contribution in [1.29, 1.82) is 0 Å². The molecule has 106 valence electrons. The Morgan fingerprint density at radius 2 is 1.94 bits per heavy atom. The molecule has 0 aromatic rings. The molecule has 0 aromatic heterocycles. The molecule has 2 heteroatoms. The summed E-state index contributed by atoms with van der Waals surface area (Å²) >= 11 is 0. The van der Waals surface area contributed by atoms with E-state index in [-0.39, 0.29) is 0 Å². The normalized spacial score (nSPS) is 33.5. The second-order valence-electron chi connectivity index (χ2n) is 6.98. The van der Waals surface area contributed by atoms with Crippen LogP contribution >= 0.6 is 0 Å². The van der Waals surface area contributed by atoms with E-state index in [4.69, 9.17) is 0 Å². The van der Waals surface area contributed by atoms with E-state index in [9.17, 15) is 0 Å². The van der Waals surface area contributed by atoms with Crippen molar-refractivity contribution in [2.45, 2.75) is 71.4 Å². The van der Waals surface area contributed by atoms with Gasteiger partial charge in [0.15, 0.2) is 0 Å². The summed E-state index contributed by atoms with van der Waals surface area (Å²) in [6.45, 7) is 11.0. The van der Waals surface area contributed by atoms with Gasteiger partial charge in [-0.15, -0.1) is 0 Å². The van der Waals surface area contributed by atoms with Crippen LogP contribution in [0.3, 0.4) is 0 Å². The average Bonchev–Trinajstić information content (AvgIpc) is 2.81. The molecule has 2 rings (SSSR count). The molecule has 0 bridgehead atoms. The summed E-state index contributed by atoms with van der Waals surface area (Å²) in [5.41, 5.74) is 0. The van der Waals surface area contributed by atoms with Gasteiger partial charge in [0.2, 0.25) is 0 Å². The Balaban J connectivity index is 1.81. The van der Waals surface area contributed by atoms with Gasteiger partial charge in [-0.1, -0.05) is 19.8 Å². The maximum absolute atomic E-state index is 3.65. The quantitative estimate of drug-likeness (QED) is 0.808. The number of nitrogens with one attached hydrogen (secondary N) is 1. The van der Waals surface area contributed by atoms with E-state index in [0.29, 0.717) is 6.04 Å². The van der Waals surface area contributed by atoms with Gasteiger partial charge in [0.05, 0.1) is 0 Å². The molecular formula is C16H32N2. The average molecular weight is 252 g/mol. The van der Waals surface area contributed by atoms with Crippen LogP contribution in [0, 0.1) is 11.8 Å². The maximum Gasteiger partial charge on any atom is 0.0195 e. The molecule has 3 unspecified atom stereocenters. The first-order valence-corrected chi connectivity index (χ1v) is 8.12. The van der Waals surface area contributed by atoms with E-state index in [1.807, 2.05) is 0 Å². The van der Waals surface area contributed by atoms with Crippen LogP contribution in [0.5, 0.6) is 0 Å². The van der Waals surface area contributed by atoms with Gasteiger partial charge >= 0.3 is 0 Å². The van der Waals surface area contributed by atoms with E-state index in [1.54, 1.807) is 0 Å². The topological polar surface area (TPSA) is 15.3 Å². The Hall–Kier alpha value is -0.0800. The Morgan fingerprint density at radius 3 is 2.56 bits per heavy atom. The fraction of sp³-hybridized carbons (Fsp3) is 1.00. The Kier molecular flexibility index (Phi) is 5.50. The summed E-state index contributed by atoms with van der Waals surface area (Å²) in [5, 5.41) is 3.65. The fourth-order valence-electron chi connectivity index (χ4n) is 3.75. The summed E-state index contributed by atoms with van der Waals surface area (Å²) < 4.78 is 0. The Labute approximate surface area is 114 Å². The van der Waals surface area contributed by atoms with E-state index in [1.165, 1.54) is 58.2 Å². The van der Waals surface area contributed by atoms with Gasteiger partial charge in [0, 0.05) is 25.2 Å². The van der Waals surface area contributed by atoms with E-state index < -0.39 is 0 Å². The lowest BCUT2D eigenvalue weighted by molar-refractivity contribution is 0.141. The first kappa shape index (κ1) is 14.3. The van der Waals surface area contributed by atoms with Gasteiger partial charge in [-0.2, -0.15) is 0 Å². The molecule has 1 saturated carbocycles. The van der Waals surface area contributed by atoms with Crippen LogP contribution in [-0.2, 0) is 0 Å². The van der Waals surface area contributed by atoms with Gasteiger partial charge in [-0.3, -0.25) is 4.90 Å². The van der Waals surface area contributed by atoms with Crippen molar-refractivity contribution in [1.82, 2.24) is 10.2 Å². The number of hydrogen-bond acceptors (Lipinski definition) is 2. The molecule has 18 heavy (non-hydrogen) atoms. The van der Waals surface area contributed by atoms with Crippen LogP contribution in [0.2, 0.25) is 0 Å². The molecule has 2 aliphatic rings. The standard InChI is InChI=1S/C16H32N2/c1-13(2)18(12-16-8-5-9-17-16)11-15-7-4-6-14(3)10-15/h13-17H,4-12H2,1-3H3. The smallest absolute Gasteiger partial charge is 0.0195 e. The van der Waals surface area contributed by atoms with Crippen LogP contribution in [0.25, 0.3) is 0 Å². The molecule has 1 N–H and O–H groups in total. The summed E-state index contributed by atoms with van der Waals surface area (Å²) in [7, 11) is 0. The highest BCUT2D eigenvalue weighted by Crippen LogP contribution is 2.29. The first-order valence-electron chi connectivity index (χ1n) is 8.12. The lowest BCUT2D eigenvalue weighted by Crippen LogP contribution is -2.44. The number of hydrogen-bond donors (Lipinski definition) is 1. The highest BCUT2D eigenvalue weighted by atomic mass is 15.2. The monoisotopic (exact) mass is 252 g/mol.